The number of aromatic amines is 1. The Bertz CT molecular complexity index is 664. The minimum Gasteiger partial charge on any atom is -0.387 e. The van der Waals surface area contributed by atoms with Crippen LogP contribution in [0.4, 0.5) is 0 Å². The van der Waals surface area contributed by atoms with Crippen LogP contribution in [0, 0.1) is 0 Å². The molecule has 1 fully saturated rings. The Kier molecular flexibility index (Phi) is 4.44. The van der Waals surface area contributed by atoms with Gasteiger partial charge in [0.25, 0.3) is 5.56 Å². The van der Waals surface area contributed by atoms with Crippen molar-refractivity contribution in [2.24, 2.45) is 0 Å². The van der Waals surface area contributed by atoms with Crippen molar-refractivity contribution in [1.82, 2.24) is 9.55 Å². The van der Waals surface area contributed by atoms with E-state index in [0.29, 0.717) is 0 Å². The van der Waals surface area contributed by atoms with E-state index >= 15 is 0 Å². The lowest BCUT2D eigenvalue weighted by molar-refractivity contribution is -0.0543. The van der Waals surface area contributed by atoms with Gasteiger partial charge in [-0.25, -0.2) is 9.36 Å². The molecule has 12 heteroatoms. The second-order valence-corrected chi connectivity index (χ2v) is 5.59. The molecular formula is C9H13N2O9P. The summed E-state index contributed by atoms with van der Waals surface area (Å²) in [5.41, 5.74) is -1.51. The first-order chi connectivity index (χ1) is 9.69. The van der Waals surface area contributed by atoms with Crippen molar-refractivity contribution < 1.29 is 33.8 Å². The van der Waals surface area contributed by atoms with Crippen LogP contribution in [-0.4, -0.2) is 54.5 Å². The number of H-pyrrole nitrogens is 1. The summed E-state index contributed by atoms with van der Waals surface area (Å²) < 4.78 is 20.8. The Morgan fingerprint density at radius 2 is 2.00 bits per heavy atom. The van der Waals surface area contributed by atoms with Crippen molar-refractivity contribution in [1.29, 1.82) is 0 Å². The maximum absolute atomic E-state index is 11.6. The van der Waals surface area contributed by atoms with Crippen LogP contribution in [0.1, 0.15) is 6.23 Å². The number of ether oxygens (including phenoxy) is 1. The van der Waals surface area contributed by atoms with Crippen molar-refractivity contribution in [2.45, 2.75) is 24.5 Å². The van der Waals surface area contributed by atoms with E-state index in [1.165, 1.54) is 0 Å². The quantitative estimate of drug-likeness (QED) is 0.368. The average Bonchev–Trinajstić information content (AvgIpc) is 2.64. The lowest BCUT2D eigenvalue weighted by atomic mass is 10.1. The van der Waals surface area contributed by atoms with E-state index < -0.39 is 50.2 Å². The summed E-state index contributed by atoms with van der Waals surface area (Å²) in [6.07, 6.45) is -4.58. The van der Waals surface area contributed by atoms with E-state index in [0.717, 1.165) is 16.8 Å². The van der Waals surface area contributed by atoms with Gasteiger partial charge in [-0.2, -0.15) is 0 Å². The zero-order valence-corrected chi connectivity index (χ0v) is 11.3. The molecular weight excluding hydrogens is 311 g/mol. The van der Waals surface area contributed by atoms with E-state index in [-0.39, 0.29) is 0 Å². The Morgan fingerprint density at radius 3 is 2.57 bits per heavy atom. The van der Waals surface area contributed by atoms with Crippen LogP contribution in [0.15, 0.2) is 21.9 Å². The zero-order valence-electron chi connectivity index (χ0n) is 10.4. The largest absolute Gasteiger partial charge is 0.469 e. The van der Waals surface area contributed by atoms with Gasteiger partial charge < -0.3 is 24.7 Å². The Hall–Kier alpha value is -1.33. The predicted octanol–water partition coefficient (Wildman–Crippen LogP) is -2.73. The fourth-order valence-corrected chi connectivity index (χ4v) is 2.24. The molecule has 1 aromatic rings. The molecule has 21 heavy (non-hydrogen) atoms. The monoisotopic (exact) mass is 324 g/mol. The molecule has 118 valence electrons. The highest BCUT2D eigenvalue weighted by molar-refractivity contribution is 7.46. The molecule has 0 aromatic carbocycles. The molecule has 1 saturated heterocycles. The Balaban J connectivity index is 2.18. The normalized spacial score (nSPS) is 29.7. The van der Waals surface area contributed by atoms with Crippen molar-refractivity contribution in [2.75, 3.05) is 6.61 Å². The van der Waals surface area contributed by atoms with Crippen LogP contribution >= 0.6 is 7.82 Å². The Morgan fingerprint density at radius 1 is 1.33 bits per heavy atom. The molecule has 1 aromatic heterocycles. The van der Waals surface area contributed by atoms with Crippen LogP contribution in [0.2, 0.25) is 0 Å². The first kappa shape index (κ1) is 16.0. The second kappa shape index (κ2) is 5.81. The third kappa shape index (κ3) is 3.66. The molecule has 5 N–H and O–H groups in total. The minimum atomic E-state index is -4.76. The molecule has 2 rings (SSSR count). The van der Waals surface area contributed by atoms with Gasteiger partial charge in [-0.15, -0.1) is 0 Å². The summed E-state index contributed by atoms with van der Waals surface area (Å²) >= 11 is 0. The fourth-order valence-electron chi connectivity index (χ4n) is 1.89. The van der Waals surface area contributed by atoms with Gasteiger partial charge in [-0.3, -0.25) is 18.9 Å². The maximum atomic E-state index is 11.6. The Labute approximate surface area is 116 Å². The highest BCUT2D eigenvalue weighted by Crippen LogP contribution is 2.38. The molecule has 0 radical (unpaired) electrons. The van der Waals surface area contributed by atoms with Crippen LogP contribution in [0.25, 0.3) is 0 Å². The van der Waals surface area contributed by atoms with Crippen LogP contribution < -0.4 is 11.2 Å². The first-order valence-electron chi connectivity index (χ1n) is 5.72. The molecule has 1 aliphatic heterocycles. The van der Waals surface area contributed by atoms with Crippen LogP contribution in [-0.2, 0) is 13.8 Å². The summed E-state index contributed by atoms with van der Waals surface area (Å²) in [4.78, 5) is 41.6. The van der Waals surface area contributed by atoms with E-state index in [4.69, 9.17) is 14.5 Å². The molecule has 0 spiro atoms. The standard InChI is InChI=1S/C9H13N2O9P/c12-5-1-2-11(9(15)10-5)8-7(14)6(13)4(20-8)3-19-21(16,17)18/h1-2,4,6-8,13-14H,3H2,(H,10,12,15)(H2,16,17,18)/t4-,6-,7-,8+/m1/s1. The first-order valence-corrected chi connectivity index (χ1v) is 7.25. The van der Waals surface area contributed by atoms with E-state index in [2.05, 4.69) is 4.52 Å². The lowest BCUT2D eigenvalue weighted by Gasteiger charge is -2.16. The van der Waals surface area contributed by atoms with Crippen molar-refractivity contribution in [3.8, 4) is 0 Å². The van der Waals surface area contributed by atoms with Gasteiger partial charge in [0.1, 0.15) is 18.3 Å². The fraction of sp³-hybridized carbons (Fsp3) is 0.556. The summed E-state index contributed by atoms with van der Waals surface area (Å²) in [6, 6.07) is 1.02. The van der Waals surface area contributed by atoms with Gasteiger partial charge in [0.2, 0.25) is 0 Å². The third-order valence-corrected chi connectivity index (χ3v) is 3.35. The van der Waals surface area contributed by atoms with Gasteiger partial charge in [0.05, 0.1) is 6.61 Å². The number of hydrogen-bond donors (Lipinski definition) is 5. The van der Waals surface area contributed by atoms with Gasteiger partial charge >= 0.3 is 13.5 Å². The number of hydrogen-bond acceptors (Lipinski definition) is 7. The topological polar surface area (TPSA) is 171 Å². The van der Waals surface area contributed by atoms with Gasteiger partial charge in [-0.05, 0) is 0 Å². The van der Waals surface area contributed by atoms with Gasteiger partial charge in [-0.1, -0.05) is 0 Å². The molecule has 0 bridgehead atoms. The van der Waals surface area contributed by atoms with Crippen LogP contribution in [0.3, 0.4) is 0 Å². The molecule has 2 heterocycles. The van der Waals surface area contributed by atoms with E-state index in [1.54, 1.807) is 0 Å². The summed E-state index contributed by atoms with van der Waals surface area (Å²) in [5.74, 6) is 0. The minimum absolute atomic E-state index is 0.648. The highest BCUT2D eigenvalue weighted by Gasteiger charge is 2.44. The number of aliphatic hydroxyl groups is 2. The van der Waals surface area contributed by atoms with Crippen molar-refractivity contribution >= 4 is 7.82 Å². The predicted molar refractivity (Wildman–Crippen MR) is 65.2 cm³/mol. The lowest BCUT2D eigenvalue weighted by Crippen LogP contribution is -2.37. The zero-order chi connectivity index (χ0) is 15.8. The molecule has 0 saturated carbocycles. The number of nitrogens with zero attached hydrogens (tertiary/aromatic N) is 1. The number of phosphoric acid groups is 1. The van der Waals surface area contributed by atoms with Crippen molar-refractivity contribution in [3.63, 3.8) is 0 Å². The van der Waals surface area contributed by atoms with Crippen molar-refractivity contribution in [3.05, 3.63) is 33.1 Å². The number of phosphoric ester groups is 1. The molecule has 1 aliphatic rings. The van der Waals surface area contributed by atoms with Crippen LogP contribution in [0.5, 0.6) is 0 Å². The number of aromatic nitrogens is 2. The maximum Gasteiger partial charge on any atom is 0.469 e. The van der Waals surface area contributed by atoms with Gasteiger partial charge in [0.15, 0.2) is 6.23 Å². The molecule has 0 amide bonds. The molecule has 4 atom stereocenters. The third-order valence-electron chi connectivity index (χ3n) is 2.87. The summed E-state index contributed by atoms with van der Waals surface area (Å²) in [6.45, 7) is -0.683. The molecule has 0 aliphatic carbocycles. The summed E-state index contributed by atoms with van der Waals surface area (Å²) in [7, 11) is -4.76. The highest BCUT2D eigenvalue weighted by atomic mass is 31.2. The number of aliphatic hydroxyl groups excluding tert-OH is 2. The van der Waals surface area contributed by atoms with E-state index in [9.17, 15) is 24.4 Å². The average molecular weight is 324 g/mol. The summed E-state index contributed by atoms with van der Waals surface area (Å²) in [5, 5.41) is 19.6. The van der Waals surface area contributed by atoms with Gasteiger partial charge in [0, 0.05) is 12.3 Å². The SMILES string of the molecule is O=c1ccn([C@H]2O[C@H](COP(=O)(O)O)[C@@H](O)[C@H]2O)c(=O)[nH]1. The molecule has 11 nitrogen and oxygen atoms in total. The number of nitrogens with one attached hydrogen (secondary N) is 1. The molecule has 0 unspecified atom stereocenters. The number of rotatable bonds is 4. The second-order valence-electron chi connectivity index (χ2n) is 4.35. The van der Waals surface area contributed by atoms with E-state index in [1.807, 2.05) is 4.98 Å². The smallest absolute Gasteiger partial charge is 0.387 e.